The van der Waals surface area contributed by atoms with Crippen LogP contribution in [0.25, 0.3) is 0 Å². The summed E-state index contributed by atoms with van der Waals surface area (Å²) < 4.78 is 11.3. The molecule has 0 spiro atoms. The van der Waals surface area contributed by atoms with Crippen LogP contribution in [0, 0.1) is 0 Å². The molecule has 1 unspecified atom stereocenters. The number of hydrogen-bond acceptors (Lipinski definition) is 4. The van der Waals surface area contributed by atoms with Gasteiger partial charge in [0.05, 0.1) is 17.7 Å². The number of hydrogen-bond donors (Lipinski definition) is 1. The molecule has 0 radical (unpaired) electrons. The molecule has 1 atom stereocenters. The highest BCUT2D eigenvalue weighted by Crippen LogP contribution is 2.30. The first-order chi connectivity index (χ1) is 10.0. The van der Waals surface area contributed by atoms with Crippen LogP contribution in [0.15, 0.2) is 22.7 Å². The van der Waals surface area contributed by atoms with Gasteiger partial charge in [0.2, 0.25) is 0 Å². The van der Waals surface area contributed by atoms with E-state index in [0.717, 1.165) is 0 Å². The minimum Gasteiger partial charge on any atom is -0.479 e. The number of nitrogens with zero attached hydrogens (tertiary/aromatic N) is 1. The highest BCUT2D eigenvalue weighted by atomic mass is 79.9. The Morgan fingerprint density at radius 1 is 1.38 bits per heavy atom. The van der Waals surface area contributed by atoms with Gasteiger partial charge in [-0.2, -0.15) is 0 Å². The zero-order valence-electron chi connectivity index (χ0n) is 11.5. The smallest absolute Gasteiger partial charge is 0.339 e. The van der Waals surface area contributed by atoms with E-state index in [1.54, 1.807) is 24.0 Å². The predicted molar refractivity (Wildman–Crippen MR) is 78.6 cm³/mol. The molecule has 1 amide bonds. The van der Waals surface area contributed by atoms with Crippen LogP contribution in [0.1, 0.15) is 17.3 Å². The van der Waals surface area contributed by atoms with Gasteiger partial charge in [0.1, 0.15) is 11.3 Å². The van der Waals surface area contributed by atoms with Crippen molar-refractivity contribution in [1.82, 2.24) is 4.90 Å². The zero-order chi connectivity index (χ0) is 15.4. The number of amides is 1. The van der Waals surface area contributed by atoms with Crippen molar-refractivity contribution in [1.29, 1.82) is 0 Å². The lowest BCUT2D eigenvalue weighted by Gasteiger charge is -2.29. The van der Waals surface area contributed by atoms with Gasteiger partial charge in [0.25, 0.3) is 5.91 Å². The second kappa shape index (κ2) is 6.91. The number of carbonyl (C=O) groups excluding carboxylic acids is 1. The van der Waals surface area contributed by atoms with Crippen LogP contribution >= 0.6 is 15.9 Å². The van der Waals surface area contributed by atoms with Crippen molar-refractivity contribution >= 4 is 27.8 Å². The summed E-state index contributed by atoms with van der Waals surface area (Å²) in [6.07, 6.45) is -0.764. The Hall–Kier alpha value is -1.60. The van der Waals surface area contributed by atoms with Gasteiger partial charge in [-0.1, -0.05) is 6.07 Å². The number of aromatic carboxylic acids is 1. The number of halogens is 1. The van der Waals surface area contributed by atoms with Gasteiger partial charge in [-0.3, -0.25) is 4.79 Å². The number of benzene rings is 1. The third kappa shape index (κ3) is 3.74. The van der Waals surface area contributed by atoms with Crippen molar-refractivity contribution in [2.75, 3.05) is 26.3 Å². The highest BCUT2D eigenvalue weighted by Gasteiger charge is 2.26. The maximum atomic E-state index is 12.3. The third-order valence-corrected chi connectivity index (χ3v) is 3.79. The summed E-state index contributed by atoms with van der Waals surface area (Å²) in [5.41, 5.74) is 0.0194. The van der Waals surface area contributed by atoms with Gasteiger partial charge >= 0.3 is 5.97 Å². The third-order valence-electron chi connectivity index (χ3n) is 3.16. The van der Waals surface area contributed by atoms with E-state index in [9.17, 15) is 14.7 Å². The second-order valence-corrected chi connectivity index (χ2v) is 5.47. The SMILES string of the molecule is CC(Oc1c(Br)cccc1C(=O)O)C(=O)N1CCOCC1. The molecular weight excluding hydrogens is 342 g/mol. The molecule has 114 valence electrons. The van der Waals surface area contributed by atoms with Gasteiger partial charge in [0, 0.05) is 13.1 Å². The summed E-state index contributed by atoms with van der Waals surface area (Å²) in [5, 5.41) is 9.18. The van der Waals surface area contributed by atoms with Crippen molar-refractivity contribution in [3.05, 3.63) is 28.2 Å². The predicted octanol–water partition coefficient (Wildman–Crippen LogP) is 1.77. The summed E-state index contributed by atoms with van der Waals surface area (Å²) in [4.78, 5) is 25.2. The van der Waals surface area contributed by atoms with Crippen LogP contribution in [0.5, 0.6) is 5.75 Å². The van der Waals surface area contributed by atoms with E-state index in [2.05, 4.69) is 15.9 Å². The fourth-order valence-electron chi connectivity index (χ4n) is 2.07. The Morgan fingerprint density at radius 2 is 2.05 bits per heavy atom. The van der Waals surface area contributed by atoms with Crippen molar-refractivity contribution < 1.29 is 24.2 Å². The molecule has 21 heavy (non-hydrogen) atoms. The molecule has 0 saturated carbocycles. The maximum Gasteiger partial charge on any atom is 0.339 e. The topological polar surface area (TPSA) is 76.1 Å². The Labute approximate surface area is 130 Å². The Balaban J connectivity index is 2.13. The van der Waals surface area contributed by atoms with Crippen LogP contribution in [-0.2, 0) is 9.53 Å². The standard InChI is InChI=1S/C14H16BrNO5/c1-9(13(17)16-5-7-20-8-6-16)21-12-10(14(18)19)3-2-4-11(12)15/h2-4,9H,5-8H2,1H3,(H,18,19). The molecule has 1 aromatic carbocycles. The number of carboxylic acid groups (broad SMARTS) is 1. The molecule has 1 saturated heterocycles. The number of rotatable bonds is 4. The summed E-state index contributed by atoms with van der Waals surface area (Å²) in [5.74, 6) is -1.11. The van der Waals surface area contributed by atoms with Gasteiger partial charge in [-0.05, 0) is 35.0 Å². The van der Waals surface area contributed by atoms with Crippen LogP contribution in [0.4, 0.5) is 0 Å². The summed E-state index contributed by atoms with van der Waals surface area (Å²) in [6.45, 7) is 3.67. The highest BCUT2D eigenvalue weighted by molar-refractivity contribution is 9.10. The molecule has 6 nitrogen and oxygen atoms in total. The maximum absolute atomic E-state index is 12.3. The largest absolute Gasteiger partial charge is 0.479 e. The van der Waals surface area contributed by atoms with E-state index in [1.807, 2.05) is 0 Å². The molecule has 0 bridgehead atoms. The van der Waals surface area contributed by atoms with Gasteiger partial charge < -0.3 is 19.5 Å². The van der Waals surface area contributed by atoms with Gasteiger partial charge in [-0.15, -0.1) is 0 Å². The van der Waals surface area contributed by atoms with Gasteiger partial charge in [-0.25, -0.2) is 4.79 Å². The molecule has 1 N–H and O–H groups in total. The van der Waals surface area contributed by atoms with E-state index in [1.165, 1.54) is 6.07 Å². The Morgan fingerprint density at radius 3 is 2.67 bits per heavy atom. The first kappa shape index (κ1) is 15.8. The Kier molecular flexibility index (Phi) is 5.19. The van der Waals surface area contributed by atoms with Crippen molar-refractivity contribution in [2.45, 2.75) is 13.0 Å². The Bertz CT molecular complexity index is 542. The molecule has 1 heterocycles. The lowest BCUT2D eigenvalue weighted by atomic mass is 10.2. The fourth-order valence-corrected chi connectivity index (χ4v) is 2.52. The van der Waals surface area contributed by atoms with E-state index < -0.39 is 12.1 Å². The van der Waals surface area contributed by atoms with Crippen LogP contribution in [0.2, 0.25) is 0 Å². The zero-order valence-corrected chi connectivity index (χ0v) is 13.1. The number of ether oxygens (including phenoxy) is 2. The molecule has 1 aliphatic rings. The van der Waals surface area contributed by atoms with Crippen molar-refractivity contribution in [3.8, 4) is 5.75 Å². The lowest BCUT2D eigenvalue weighted by Crippen LogP contribution is -2.46. The molecule has 0 aliphatic carbocycles. The fraction of sp³-hybridized carbons (Fsp3) is 0.429. The normalized spacial score (nSPS) is 16.4. The van der Waals surface area contributed by atoms with Crippen LogP contribution < -0.4 is 4.74 Å². The number of para-hydroxylation sites is 1. The average Bonchev–Trinajstić information content (AvgIpc) is 2.49. The molecular formula is C14H16BrNO5. The summed E-state index contributed by atoms with van der Waals surface area (Å²) >= 11 is 3.26. The minimum absolute atomic E-state index is 0.0194. The van der Waals surface area contributed by atoms with Crippen molar-refractivity contribution in [3.63, 3.8) is 0 Å². The van der Waals surface area contributed by atoms with Gasteiger partial charge in [0.15, 0.2) is 6.10 Å². The van der Waals surface area contributed by atoms with Crippen molar-refractivity contribution in [2.24, 2.45) is 0 Å². The lowest BCUT2D eigenvalue weighted by molar-refractivity contribution is -0.142. The number of carboxylic acids is 1. The van der Waals surface area contributed by atoms with Crippen LogP contribution in [-0.4, -0.2) is 54.3 Å². The first-order valence-corrected chi connectivity index (χ1v) is 7.35. The molecule has 1 aliphatic heterocycles. The molecule has 1 fully saturated rings. The number of morpholine rings is 1. The molecule has 1 aromatic rings. The summed E-state index contributed by atoms with van der Waals surface area (Å²) in [6, 6.07) is 4.72. The molecule has 0 aromatic heterocycles. The average molecular weight is 358 g/mol. The van der Waals surface area contributed by atoms with E-state index in [4.69, 9.17) is 9.47 Å². The molecule has 2 rings (SSSR count). The monoisotopic (exact) mass is 357 g/mol. The van der Waals surface area contributed by atoms with E-state index in [-0.39, 0.29) is 17.2 Å². The quantitative estimate of drug-likeness (QED) is 0.888. The second-order valence-electron chi connectivity index (χ2n) is 4.62. The summed E-state index contributed by atoms with van der Waals surface area (Å²) in [7, 11) is 0. The first-order valence-electron chi connectivity index (χ1n) is 6.55. The van der Waals surface area contributed by atoms with E-state index >= 15 is 0 Å². The minimum atomic E-state index is -1.10. The number of carbonyl (C=O) groups is 2. The van der Waals surface area contributed by atoms with E-state index in [0.29, 0.717) is 30.8 Å². The molecule has 7 heteroatoms. The van der Waals surface area contributed by atoms with Crippen LogP contribution in [0.3, 0.4) is 0 Å².